The number of alkyl halides is 1. The Kier molecular flexibility index (Phi) is 6.58. The van der Waals surface area contributed by atoms with Crippen molar-refractivity contribution >= 4 is 24.0 Å². The third kappa shape index (κ3) is 4.08. The van der Waals surface area contributed by atoms with Crippen LogP contribution in [0.2, 0.25) is 0 Å². The molecule has 1 aliphatic carbocycles. The average Bonchev–Trinajstić information content (AvgIpc) is 2.54. The van der Waals surface area contributed by atoms with E-state index in [0.717, 1.165) is 13.0 Å². The van der Waals surface area contributed by atoms with Crippen LogP contribution < -0.4 is 0 Å². The van der Waals surface area contributed by atoms with Gasteiger partial charge in [-0.05, 0) is 50.6 Å². The third-order valence-corrected chi connectivity index (χ3v) is 4.70. The van der Waals surface area contributed by atoms with Crippen molar-refractivity contribution in [2.45, 2.75) is 37.0 Å². The van der Waals surface area contributed by atoms with Gasteiger partial charge in [-0.3, -0.25) is 4.98 Å². The molecule has 0 amide bonds. The summed E-state index contributed by atoms with van der Waals surface area (Å²) in [4.78, 5) is 6.17. The van der Waals surface area contributed by atoms with E-state index in [-0.39, 0.29) is 17.3 Å². The van der Waals surface area contributed by atoms with Crippen LogP contribution in [0.25, 0.3) is 0 Å². The zero-order valence-electron chi connectivity index (χ0n) is 11.8. The molecule has 0 spiro atoms. The molecule has 2 nitrogen and oxygen atoms in total. The average molecular weight is 303 g/mol. The Labute approximate surface area is 128 Å². The maximum absolute atomic E-state index is 7.06. The summed E-state index contributed by atoms with van der Waals surface area (Å²) in [5.41, 5.74) is 1.24. The fourth-order valence-corrected chi connectivity index (χ4v) is 3.51. The van der Waals surface area contributed by atoms with Crippen LogP contribution in [0.3, 0.4) is 0 Å². The molecule has 2 unspecified atom stereocenters. The van der Waals surface area contributed by atoms with Gasteiger partial charge in [0.05, 0.1) is 4.87 Å². The van der Waals surface area contributed by atoms with E-state index in [1.165, 1.54) is 31.2 Å². The Morgan fingerprint density at radius 2 is 1.95 bits per heavy atom. The molecule has 0 saturated heterocycles. The molecule has 1 aromatic heterocycles. The number of halogens is 2. The summed E-state index contributed by atoms with van der Waals surface area (Å²) in [6.07, 6.45) is 9.87. The normalized spacial score (nSPS) is 27.7. The van der Waals surface area contributed by atoms with Crippen molar-refractivity contribution in [3.8, 4) is 0 Å². The van der Waals surface area contributed by atoms with Gasteiger partial charge in [-0.1, -0.05) is 19.3 Å². The van der Waals surface area contributed by atoms with Gasteiger partial charge >= 0.3 is 0 Å². The monoisotopic (exact) mass is 302 g/mol. The molecular formula is C15H24Cl2N2. The topological polar surface area (TPSA) is 16.1 Å². The molecule has 1 aliphatic rings. The van der Waals surface area contributed by atoms with Gasteiger partial charge in [0.15, 0.2) is 0 Å². The number of hydrogen-bond acceptors (Lipinski definition) is 2. The number of hydrogen-bond donors (Lipinski definition) is 0. The van der Waals surface area contributed by atoms with Crippen molar-refractivity contribution in [3.05, 3.63) is 30.1 Å². The van der Waals surface area contributed by atoms with Gasteiger partial charge in [-0.15, -0.1) is 24.0 Å². The summed E-state index contributed by atoms with van der Waals surface area (Å²) in [6, 6.07) is 4.17. The Morgan fingerprint density at radius 1 is 1.26 bits per heavy atom. The van der Waals surface area contributed by atoms with Gasteiger partial charge in [-0.25, -0.2) is 0 Å². The quantitative estimate of drug-likeness (QED) is 0.618. The minimum absolute atomic E-state index is 0. The molecule has 1 aromatic rings. The Balaban J connectivity index is 0.00000180. The zero-order chi connectivity index (χ0) is 13.0. The van der Waals surface area contributed by atoms with E-state index in [2.05, 4.69) is 36.1 Å². The van der Waals surface area contributed by atoms with Crippen molar-refractivity contribution < 1.29 is 0 Å². The van der Waals surface area contributed by atoms with Crippen LogP contribution in [0.5, 0.6) is 0 Å². The highest BCUT2D eigenvalue weighted by Gasteiger charge is 2.39. The lowest BCUT2D eigenvalue weighted by molar-refractivity contribution is 0.254. The maximum atomic E-state index is 7.06. The molecule has 0 N–H and O–H groups in total. The predicted molar refractivity (Wildman–Crippen MR) is 84.1 cm³/mol. The molecule has 1 heterocycles. The molecule has 0 radical (unpaired) electrons. The highest BCUT2D eigenvalue weighted by Crippen LogP contribution is 2.46. The van der Waals surface area contributed by atoms with E-state index in [4.69, 9.17) is 11.6 Å². The molecule has 108 valence electrons. The Hall–Kier alpha value is -0.310. The van der Waals surface area contributed by atoms with Crippen LogP contribution in [0.4, 0.5) is 0 Å². The Morgan fingerprint density at radius 3 is 2.58 bits per heavy atom. The van der Waals surface area contributed by atoms with E-state index in [1.54, 1.807) is 0 Å². The summed E-state index contributed by atoms with van der Waals surface area (Å²) in [5, 5.41) is 0. The standard InChI is InChI=1S/C15H23ClN2.ClH/c1-18(2)12-14-6-4-3-5-9-15(14,16)13-7-10-17-11-8-13;/h7-8,10-11,14H,3-6,9,12H2,1-2H3;1H. The molecule has 0 aliphatic heterocycles. The van der Waals surface area contributed by atoms with Crippen LogP contribution in [-0.4, -0.2) is 30.5 Å². The van der Waals surface area contributed by atoms with Crippen molar-refractivity contribution in [1.82, 2.24) is 9.88 Å². The first kappa shape index (κ1) is 16.7. The first-order valence-electron chi connectivity index (χ1n) is 6.87. The van der Waals surface area contributed by atoms with Gasteiger partial charge < -0.3 is 4.90 Å². The van der Waals surface area contributed by atoms with Crippen molar-refractivity contribution in [2.24, 2.45) is 5.92 Å². The highest BCUT2D eigenvalue weighted by molar-refractivity contribution is 6.24. The zero-order valence-corrected chi connectivity index (χ0v) is 13.4. The fraction of sp³-hybridized carbons (Fsp3) is 0.667. The lowest BCUT2D eigenvalue weighted by Crippen LogP contribution is -2.36. The molecular weight excluding hydrogens is 279 g/mol. The number of rotatable bonds is 3. The fourth-order valence-electron chi connectivity index (χ4n) is 3.07. The summed E-state index contributed by atoms with van der Waals surface area (Å²) < 4.78 is 0. The van der Waals surface area contributed by atoms with E-state index in [9.17, 15) is 0 Å². The van der Waals surface area contributed by atoms with E-state index in [1.807, 2.05) is 12.4 Å². The minimum Gasteiger partial charge on any atom is -0.309 e. The van der Waals surface area contributed by atoms with Gasteiger partial charge in [0, 0.05) is 18.9 Å². The van der Waals surface area contributed by atoms with Gasteiger partial charge in [-0.2, -0.15) is 0 Å². The van der Waals surface area contributed by atoms with Crippen LogP contribution in [0.1, 0.15) is 37.7 Å². The van der Waals surface area contributed by atoms with Crippen LogP contribution in [0, 0.1) is 5.92 Å². The largest absolute Gasteiger partial charge is 0.309 e. The first-order chi connectivity index (χ1) is 8.63. The van der Waals surface area contributed by atoms with Gasteiger partial charge in [0.25, 0.3) is 0 Å². The van der Waals surface area contributed by atoms with Gasteiger partial charge in [0.2, 0.25) is 0 Å². The smallest absolute Gasteiger partial charge is 0.0736 e. The van der Waals surface area contributed by atoms with Crippen molar-refractivity contribution in [1.29, 1.82) is 0 Å². The SMILES string of the molecule is CN(C)CC1CCCCCC1(Cl)c1ccncc1.Cl. The summed E-state index contributed by atoms with van der Waals surface area (Å²) in [5.74, 6) is 0.527. The number of pyridine rings is 1. The van der Waals surface area contributed by atoms with Crippen LogP contribution in [-0.2, 0) is 4.87 Å². The number of nitrogens with zero attached hydrogens (tertiary/aromatic N) is 2. The lowest BCUT2D eigenvalue weighted by atomic mass is 9.81. The van der Waals surface area contributed by atoms with E-state index in [0.29, 0.717) is 5.92 Å². The summed E-state index contributed by atoms with van der Waals surface area (Å²) in [7, 11) is 4.27. The van der Waals surface area contributed by atoms with Crippen LogP contribution in [0.15, 0.2) is 24.5 Å². The van der Waals surface area contributed by atoms with E-state index < -0.39 is 0 Å². The molecule has 1 fully saturated rings. The third-order valence-electron chi connectivity index (χ3n) is 3.99. The van der Waals surface area contributed by atoms with Crippen LogP contribution >= 0.6 is 24.0 Å². The van der Waals surface area contributed by atoms with Gasteiger partial charge in [0.1, 0.15) is 0 Å². The molecule has 0 bridgehead atoms. The Bertz CT molecular complexity index is 370. The minimum atomic E-state index is -0.205. The molecule has 0 aromatic carbocycles. The predicted octanol–water partition coefficient (Wildman–Crippen LogP) is 4.08. The second-order valence-electron chi connectivity index (χ2n) is 5.66. The summed E-state index contributed by atoms with van der Waals surface area (Å²) >= 11 is 7.06. The highest BCUT2D eigenvalue weighted by atomic mass is 35.5. The molecule has 2 atom stereocenters. The summed E-state index contributed by atoms with van der Waals surface area (Å²) in [6.45, 7) is 1.06. The first-order valence-corrected chi connectivity index (χ1v) is 7.25. The van der Waals surface area contributed by atoms with Crippen molar-refractivity contribution in [3.63, 3.8) is 0 Å². The maximum Gasteiger partial charge on any atom is 0.0736 e. The molecule has 4 heteroatoms. The van der Waals surface area contributed by atoms with Crippen molar-refractivity contribution in [2.75, 3.05) is 20.6 Å². The second-order valence-corrected chi connectivity index (χ2v) is 6.33. The lowest BCUT2D eigenvalue weighted by Gasteiger charge is -2.36. The molecule has 2 rings (SSSR count). The van der Waals surface area contributed by atoms with E-state index >= 15 is 0 Å². The molecule has 19 heavy (non-hydrogen) atoms. The molecule has 1 saturated carbocycles. The number of aromatic nitrogens is 1. The second kappa shape index (κ2) is 7.47.